The number of carbonyl (C=O) groups is 1. The summed E-state index contributed by atoms with van der Waals surface area (Å²) in [5.74, 6) is 1.32. The summed E-state index contributed by atoms with van der Waals surface area (Å²) in [6.45, 7) is 3.91. The first kappa shape index (κ1) is 19.8. The summed E-state index contributed by atoms with van der Waals surface area (Å²) in [5.41, 5.74) is 3.53. The molecule has 0 aliphatic carbocycles. The van der Waals surface area contributed by atoms with Gasteiger partial charge in [0.15, 0.2) is 5.82 Å². The topological polar surface area (TPSA) is 106 Å². The van der Waals surface area contributed by atoms with Crippen LogP contribution >= 0.6 is 0 Å². The van der Waals surface area contributed by atoms with Crippen LogP contribution in [0.4, 0.5) is 5.69 Å². The van der Waals surface area contributed by atoms with Gasteiger partial charge in [-0.3, -0.25) is 9.36 Å². The highest BCUT2D eigenvalue weighted by atomic mass is 16.5. The monoisotopic (exact) mass is 410 g/mol. The molecule has 1 amide bonds. The van der Waals surface area contributed by atoms with Gasteiger partial charge in [-0.05, 0) is 68.4 Å². The van der Waals surface area contributed by atoms with Crippen LogP contribution in [0.1, 0.15) is 27.3 Å². The number of rotatable bonds is 5. The van der Waals surface area contributed by atoms with E-state index < -0.39 is 0 Å². The van der Waals surface area contributed by atoms with Crippen LogP contribution in [-0.4, -0.2) is 25.7 Å². The van der Waals surface area contributed by atoms with E-state index in [4.69, 9.17) is 10.00 Å². The lowest BCUT2D eigenvalue weighted by atomic mass is 10.1. The standard InChI is InChI=1S/C23H18N6O2/c1-15-16(2)29(14-25-15)21-11-12-22(28-27-21)31-20-9-7-19(8-10-20)26-23(30)18-5-3-17(13-24)4-6-18/h3-12,14H,1-2H3,(H,26,30). The highest BCUT2D eigenvalue weighted by molar-refractivity contribution is 6.04. The molecule has 2 aromatic heterocycles. The first-order valence-corrected chi connectivity index (χ1v) is 9.47. The number of imidazole rings is 1. The molecule has 0 saturated heterocycles. The first-order valence-electron chi connectivity index (χ1n) is 9.47. The third-order valence-electron chi connectivity index (χ3n) is 4.74. The average molecular weight is 410 g/mol. The Morgan fingerprint density at radius 3 is 2.32 bits per heavy atom. The van der Waals surface area contributed by atoms with Gasteiger partial charge in [-0.25, -0.2) is 4.98 Å². The predicted molar refractivity (Wildman–Crippen MR) is 114 cm³/mol. The lowest BCUT2D eigenvalue weighted by molar-refractivity contribution is 0.102. The molecule has 0 aliphatic rings. The van der Waals surface area contributed by atoms with Gasteiger partial charge in [-0.2, -0.15) is 5.26 Å². The molecule has 31 heavy (non-hydrogen) atoms. The Bertz CT molecular complexity index is 1250. The number of nitriles is 1. The minimum atomic E-state index is -0.260. The minimum absolute atomic E-state index is 0.260. The van der Waals surface area contributed by atoms with Crippen molar-refractivity contribution in [2.45, 2.75) is 13.8 Å². The summed E-state index contributed by atoms with van der Waals surface area (Å²) in [7, 11) is 0. The molecule has 0 bridgehead atoms. The van der Waals surface area contributed by atoms with Crippen LogP contribution in [0.5, 0.6) is 11.6 Å². The average Bonchev–Trinajstić information content (AvgIpc) is 3.14. The Hall–Kier alpha value is -4.51. The third kappa shape index (κ3) is 4.41. The normalized spacial score (nSPS) is 10.4. The molecule has 152 valence electrons. The van der Waals surface area contributed by atoms with Crippen LogP contribution in [0.25, 0.3) is 5.82 Å². The Labute approximate surface area is 178 Å². The van der Waals surface area contributed by atoms with E-state index in [2.05, 4.69) is 20.5 Å². The molecular formula is C23H18N6O2. The van der Waals surface area contributed by atoms with E-state index in [-0.39, 0.29) is 5.91 Å². The summed E-state index contributed by atoms with van der Waals surface area (Å²) in [5, 5.41) is 19.9. The lowest BCUT2D eigenvalue weighted by Gasteiger charge is -2.08. The van der Waals surface area contributed by atoms with Crippen molar-refractivity contribution in [2.24, 2.45) is 0 Å². The zero-order chi connectivity index (χ0) is 21.8. The van der Waals surface area contributed by atoms with Crippen LogP contribution < -0.4 is 10.1 Å². The number of nitrogens with one attached hydrogen (secondary N) is 1. The van der Waals surface area contributed by atoms with Gasteiger partial charge < -0.3 is 10.1 Å². The number of anilines is 1. The van der Waals surface area contributed by atoms with E-state index in [9.17, 15) is 4.79 Å². The van der Waals surface area contributed by atoms with Crippen LogP contribution in [0.2, 0.25) is 0 Å². The molecule has 0 atom stereocenters. The van der Waals surface area contributed by atoms with Crippen molar-refractivity contribution in [3.63, 3.8) is 0 Å². The summed E-state index contributed by atoms with van der Waals surface area (Å²) >= 11 is 0. The first-order chi connectivity index (χ1) is 15.0. The van der Waals surface area contributed by atoms with Gasteiger partial charge in [-0.1, -0.05) is 0 Å². The quantitative estimate of drug-likeness (QED) is 0.529. The number of aromatic nitrogens is 4. The SMILES string of the molecule is Cc1ncn(-c2ccc(Oc3ccc(NC(=O)c4ccc(C#N)cc4)cc3)nn2)c1C. The van der Waals surface area contributed by atoms with Gasteiger partial charge in [0.25, 0.3) is 5.91 Å². The van der Waals surface area contributed by atoms with Crippen LogP contribution in [0.15, 0.2) is 67.0 Å². The number of hydrogen-bond acceptors (Lipinski definition) is 6. The minimum Gasteiger partial charge on any atom is -0.438 e. The molecule has 2 aromatic carbocycles. The number of ether oxygens (including phenoxy) is 1. The van der Waals surface area contributed by atoms with Gasteiger partial charge >= 0.3 is 0 Å². The van der Waals surface area contributed by atoms with Crippen molar-refractivity contribution in [2.75, 3.05) is 5.32 Å². The second-order valence-corrected chi connectivity index (χ2v) is 6.78. The van der Waals surface area contributed by atoms with Gasteiger partial charge in [0, 0.05) is 23.0 Å². The Morgan fingerprint density at radius 2 is 1.74 bits per heavy atom. The van der Waals surface area contributed by atoms with Crippen molar-refractivity contribution < 1.29 is 9.53 Å². The molecule has 0 radical (unpaired) electrons. The molecule has 2 heterocycles. The van der Waals surface area contributed by atoms with Crippen LogP contribution in [0, 0.1) is 25.2 Å². The molecule has 1 N–H and O–H groups in total. The number of amides is 1. The Morgan fingerprint density at radius 1 is 1.00 bits per heavy atom. The molecular weight excluding hydrogens is 392 g/mol. The largest absolute Gasteiger partial charge is 0.438 e. The molecule has 0 fully saturated rings. The highest BCUT2D eigenvalue weighted by Crippen LogP contribution is 2.22. The third-order valence-corrected chi connectivity index (χ3v) is 4.74. The Kier molecular flexibility index (Phi) is 5.41. The second kappa shape index (κ2) is 8.47. The Balaban J connectivity index is 1.39. The van der Waals surface area contributed by atoms with E-state index in [1.807, 2.05) is 30.6 Å². The predicted octanol–water partition coefficient (Wildman–Crippen LogP) is 4.20. The van der Waals surface area contributed by atoms with Crippen molar-refractivity contribution >= 4 is 11.6 Å². The molecule has 4 rings (SSSR count). The summed E-state index contributed by atoms with van der Waals surface area (Å²) in [6.07, 6.45) is 1.71. The fourth-order valence-corrected chi connectivity index (χ4v) is 2.85. The van der Waals surface area contributed by atoms with Gasteiger partial charge in [-0.15, -0.1) is 10.2 Å². The van der Waals surface area contributed by atoms with E-state index in [1.54, 1.807) is 60.9 Å². The number of carbonyl (C=O) groups excluding carboxylic acids is 1. The molecule has 0 saturated carbocycles. The zero-order valence-corrected chi connectivity index (χ0v) is 16.9. The van der Waals surface area contributed by atoms with E-state index in [0.29, 0.717) is 34.3 Å². The van der Waals surface area contributed by atoms with Gasteiger partial charge in [0.2, 0.25) is 5.88 Å². The lowest BCUT2D eigenvalue weighted by Crippen LogP contribution is -2.11. The van der Waals surface area contributed by atoms with E-state index in [0.717, 1.165) is 11.4 Å². The molecule has 0 unspecified atom stereocenters. The molecule has 0 spiro atoms. The fourth-order valence-electron chi connectivity index (χ4n) is 2.85. The number of hydrogen-bond donors (Lipinski definition) is 1. The fraction of sp³-hybridized carbons (Fsp3) is 0.0870. The molecule has 8 heteroatoms. The van der Waals surface area contributed by atoms with E-state index in [1.165, 1.54) is 0 Å². The van der Waals surface area contributed by atoms with Gasteiger partial charge in [0.05, 0.1) is 17.3 Å². The summed E-state index contributed by atoms with van der Waals surface area (Å²) < 4.78 is 7.59. The number of aryl methyl sites for hydroxylation is 1. The summed E-state index contributed by atoms with van der Waals surface area (Å²) in [6, 6.07) is 18.9. The number of nitrogens with zero attached hydrogens (tertiary/aromatic N) is 5. The van der Waals surface area contributed by atoms with Crippen molar-refractivity contribution in [1.82, 2.24) is 19.7 Å². The molecule has 4 aromatic rings. The number of benzene rings is 2. The van der Waals surface area contributed by atoms with Crippen LogP contribution in [0.3, 0.4) is 0 Å². The van der Waals surface area contributed by atoms with Crippen LogP contribution in [-0.2, 0) is 0 Å². The molecule has 8 nitrogen and oxygen atoms in total. The van der Waals surface area contributed by atoms with Crippen molar-refractivity contribution in [3.05, 3.63) is 89.5 Å². The maximum atomic E-state index is 12.3. The zero-order valence-electron chi connectivity index (χ0n) is 16.9. The highest BCUT2D eigenvalue weighted by Gasteiger charge is 2.09. The molecule has 0 aliphatic heterocycles. The maximum absolute atomic E-state index is 12.3. The van der Waals surface area contributed by atoms with Crippen molar-refractivity contribution in [3.8, 4) is 23.5 Å². The second-order valence-electron chi connectivity index (χ2n) is 6.78. The van der Waals surface area contributed by atoms with Crippen molar-refractivity contribution in [1.29, 1.82) is 5.26 Å². The summed E-state index contributed by atoms with van der Waals surface area (Å²) in [4.78, 5) is 16.6. The van der Waals surface area contributed by atoms with E-state index >= 15 is 0 Å². The maximum Gasteiger partial charge on any atom is 0.255 e. The van der Waals surface area contributed by atoms with Gasteiger partial charge in [0.1, 0.15) is 12.1 Å². The smallest absolute Gasteiger partial charge is 0.255 e.